The van der Waals surface area contributed by atoms with Crippen molar-refractivity contribution in [3.63, 3.8) is 0 Å². The van der Waals surface area contributed by atoms with Gasteiger partial charge in [0.15, 0.2) is 6.10 Å². The van der Waals surface area contributed by atoms with E-state index in [0.29, 0.717) is 12.8 Å². The van der Waals surface area contributed by atoms with Crippen LogP contribution in [0, 0.1) is 0 Å². The molecule has 0 aromatic carbocycles. The van der Waals surface area contributed by atoms with E-state index in [1.54, 1.807) is 0 Å². The van der Waals surface area contributed by atoms with Gasteiger partial charge in [-0.2, -0.15) is 0 Å². The number of esters is 2. The van der Waals surface area contributed by atoms with Gasteiger partial charge in [0.2, 0.25) is 0 Å². The summed E-state index contributed by atoms with van der Waals surface area (Å²) in [4.78, 5) is 24.2. The van der Waals surface area contributed by atoms with Crippen molar-refractivity contribution < 1.29 is 24.2 Å². The molecule has 0 heterocycles. The molecule has 0 aliphatic rings. The smallest absolute Gasteiger partial charge is 0.306 e. The minimum Gasteiger partial charge on any atom is -0.462 e. The van der Waals surface area contributed by atoms with Crippen LogP contribution in [-0.2, 0) is 19.1 Å². The van der Waals surface area contributed by atoms with Gasteiger partial charge < -0.3 is 14.6 Å². The molecule has 0 saturated heterocycles. The highest BCUT2D eigenvalue weighted by Crippen LogP contribution is 2.14. The number of rotatable bonds is 37. The fraction of sp³-hybridized carbons (Fsp3) is 0.857. The maximum atomic E-state index is 12.2. The molecule has 0 aromatic heterocycles. The second-order valence-electron chi connectivity index (χ2n) is 13.7. The van der Waals surface area contributed by atoms with Gasteiger partial charge in [0.05, 0.1) is 6.61 Å². The van der Waals surface area contributed by atoms with Crippen molar-refractivity contribution in [3.05, 3.63) is 24.3 Å². The van der Waals surface area contributed by atoms with E-state index in [4.69, 9.17) is 9.47 Å². The number of unbranched alkanes of at least 4 members (excludes halogenated alkanes) is 25. The molecule has 0 bridgehead atoms. The van der Waals surface area contributed by atoms with E-state index in [2.05, 4.69) is 38.2 Å². The van der Waals surface area contributed by atoms with Crippen LogP contribution in [0.3, 0.4) is 0 Å². The molecule has 1 unspecified atom stereocenters. The zero-order valence-corrected chi connectivity index (χ0v) is 31.3. The van der Waals surface area contributed by atoms with E-state index in [0.717, 1.165) is 44.9 Å². The molecule has 1 atom stereocenters. The SMILES string of the molecule is CCCCCCC/C=C\C/C=C\CCCCCCCCCCCCCC(=O)OC(CO)COC(=O)CCCCCCCCCCCC. The Morgan fingerprint density at radius 1 is 0.489 bits per heavy atom. The summed E-state index contributed by atoms with van der Waals surface area (Å²) in [5, 5.41) is 9.54. The summed E-state index contributed by atoms with van der Waals surface area (Å²) >= 11 is 0. The fourth-order valence-electron chi connectivity index (χ4n) is 5.88. The molecule has 0 aliphatic carbocycles. The number of aliphatic hydroxyl groups is 1. The monoisotopic (exact) mass is 663 g/mol. The van der Waals surface area contributed by atoms with Gasteiger partial charge >= 0.3 is 11.9 Å². The van der Waals surface area contributed by atoms with E-state index in [1.807, 2.05) is 0 Å². The van der Waals surface area contributed by atoms with Crippen LogP contribution in [0.25, 0.3) is 0 Å². The Morgan fingerprint density at radius 3 is 1.26 bits per heavy atom. The molecule has 276 valence electrons. The first-order valence-electron chi connectivity index (χ1n) is 20.4. The lowest BCUT2D eigenvalue weighted by molar-refractivity contribution is -0.161. The second-order valence-corrected chi connectivity index (χ2v) is 13.7. The standard InChI is InChI=1S/C42H78O5/c1-3-5-7-9-11-13-15-16-17-18-19-20-21-22-23-24-25-26-27-29-31-33-35-37-42(45)47-40(38-43)39-46-41(44)36-34-32-30-28-14-12-10-8-6-4-2/h15-16,18-19,40,43H,3-14,17,20-39H2,1-2H3/b16-15-,19-18-. The van der Waals surface area contributed by atoms with Crippen LogP contribution in [0.15, 0.2) is 24.3 Å². The minimum absolute atomic E-state index is 0.0624. The topological polar surface area (TPSA) is 72.8 Å². The number of aliphatic hydroxyl groups excluding tert-OH is 1. The summed E-state index contributed by atoms with van der Waals surface area (Å²) in [6, 6.07) is 0. The lowest BCUT2D eigenvalue weighted by Gasteiger charge is -2.15. The summed E-state index contributed by atoms with van der Waals surface area (Å²) in [5.74, 6) is -0.588. The van der Waals surface area contributed by atoms with Gasteiger partial charge in [0.25, 0.3) is 0 Å². The average molecular weight is 663 g/mol. The Morgan fingerprint density at radius 2 is 0.851 bits per heavy atom. The van der Waals surface area contributed by atoms with Gasteiger partial charge in [-0.1, -0.05) is 179 Å². The van der Waals surface area contributed by atoms with Gasteiger partial charge in [0, 0.05) is 12.8 Å². The summed E-state index contributed by atoms with van der Waals surface area (Å²) in [6.07, 6.45) is 45.3. The zero-order valence-electron chi connectivity index (χ0n) is 31.3. The van der Waals surface area contributed by atoms with E-state index in [-0.39, 0.29) is 25.2 Å². The normalized spacial score (nSPS) is 12.3. The number of ether oxygens (including phenoxy) is 2. The molecular weight excluding hydrogens is 584 g/mol. The molecule has 0 fully saturated rings. The van der Waals surface area contributed by atoms with Gasteiger partial charge in [-0.3, -0.25) is 9.59 Å². The third kappa shape index (κ3) is 37.1. The second kappa shape index (κ2) is 38.8. The first-order valence-corrected chi connectivity index (χ1v) is 20.4. The molecule has 0 spiro atoms. The van der Waals surface area contributed by atoms with Crippen LogP contribution < -0.4 is 0 Å². The summed E-state index contributed by atoms with van der Waals surface area (Å²) < 4.78 is 10.6. The Hall–Kier alpha value is -1.62. The Labute approximate surface area is 292 Å². The van der Waals surface area contributed by atoms with E-state index < -0.39 is 6.10 Å². The van der Waals surface area contributed by atoms with E-state index in [9.17, 15) is 14.7 Å². The molecule has 0 aliphatic heterocycles. The van der Waals surface area contributed by atoms with Gasteiger partial charge in [0.1, 0.15) is 6.61 Å². The van der Waals surface area contributed by atoms with Crippen molar-refractivity contribution in [1.82, 2.24) is 0 Å². The number of carbonyl (C=O) groups excluding carboxylic acids is 2. The molecule has 0 aromatic rings. The quantitative estimate of drug-likeness (QED) is 0.0407. The molecule has 0 rings (SSSR count). The molecule has 0 amide bonds. The van der Waals surface area contributed by atoms with E-state index >= 15 is 0 Å². The molecule has 0 radical (unpaired) electrons. The number of allylic oxidation sites excluding steroid dienone is 4. The van der Waals surface area contributed by atoms with Gasteiger partial charge in [-0.25, -0.2) is 0 Å². The van der Waals surface area contributed by atoms with Gasteiger partial charge in [-0.05, 0) is 44.9 Å². The summed E-state index contributed by atoms with van der Waals surface area (Å²) in [7, 11) is 0. The van der Waals surface area contributed by atoms with Crippen LogP contribution in [0.5, 0.6) is 0 Å². The van der Waals surface area contributed by atoms with Crippen molar-refractivity contribution in [3.8, 4) is 0 Å². The van der Waals surface area contributed by atoms with E-state index in [1.165, 1.54) is 141 Å². The predicted octanol–water partition coefficient (Wildman–Crippen LogP) is 12.7. The van der Waals surface area contributed by atoms with Crippen LogP contribution >= 0.6 is 0 Å². The van der Waals surface area contributed by atoms with Crippen LogP contribution in [-0.4, -0.2) is 36.4 Å². The highest BCUT2D eigenvalue weighted by Gasteiger charge is 2.16. The molecule has 5 nitrogen and oxygen atoms in total. The van der Waals surface area contributed by atoms with Crippen LogP contribution in [0.4, 0.5) is 0 Å². The first-order chi connectivity index (χ1) is 23.1. The number of hydrogen-bond acceptors (Lipinski definition) is 5. The van der Waals surface area contributed by atoms with Crippen molar-refractivity contribution in [1.29, 1.82) is 0 Å². The molecule has 47 heavy (non-hydrogen) atoms. The van der Waals surface area contributed by atoms with Crippen molar-refractivity contribution in [2.24, 2.45) is 0 Å². The third-order valence-corrected chi connectivity index (χ3v) is 9.00. The highest BCUT2D eigenvalue weighted by atomic mass is 16.6. The molecule has 5 heteroatoms. The lowest BCUT2D eigenvalue weighted by Crippen LogP contribution is -2.28. The Kier molecular flexibility index (Phi) is 37.5. The Bertz CT molecular complexity index is 716. The molecular formula is C42H78O5. The van der Waals surface area contributed by atoms with Crippen LogP contribution in [0.2, 0.25) is 0 Å². The van der Waals surface area contributed by atoms with Gasteiger partial charge in [-0.15, -0.1) is 0 Å². The van der Waals surface area contributed by atoms with Crippen LogP contribution in [0.1, 0.15) is 213 Å². The molecule has 1 N–H and O–H groups in total. The fourth-order valence-corrected chi connectivity index (χ4v) is 5.88. The summed E-state index contributed by atoms with van der Waals surface area (Å²) in [5.41, 5.74) is 0. The average Bonchev–Trinajstić information content (AvgIpc) is 3.07. The molecule has 0 saturated carbocycles. The number of carbonyl (C=O) groups is 2. The maximum absolute atomic E-state index is 12.2. The minimum atomic E-state index is -0.766. The largest absolute Gasteiger partial charge is 0.462 e. The van der Waals surface area contributed by atoms with Crippen molar-refractivity contribution in [2.45, 2.75) is 219 Å². The third-order valence-electron chi connectivity index (χ3n) is 9.00. The Balaban J connectivity index is 3.49. The van der Waals surface area contributed by atoms with Crippen molar-refractivity contribution >= 4 is 11.9 Å². The number of hydrogen-bond donors (Lipinski definition) is 1. The first kappa shape index (κ1) is 45.4. The van der Waals surface area contributed by atoms with Crippen molar-refractivity contribution in [2.75, 3.05) is 13.2 Å². The maximum Gasteiger partial charge on any atom is 0.306 e. The highest BCUT2D eigenvalue weighted by molar-refractivity contribution is 5.70. The summed E-state index contributed by atoms with van der Waals surface area (Å²) in [6.45, 7) is 4.12. The predicted molar refractivity (Wildman–Crippen MR) is 201 cm³/mol. The zero-order chi connectivity index (χ0) is 34.3. The lowest BCUT2D eigenvalue weighted by atomic mass is 10.0.